The van der Waals surface area contributed by atoms with Crippen molar-refractivity contribution in [2.45, 2.75) is 70.6 Å². The lowest BCUT2D eigenvalue weighted by Gasteiger charge is -2.28. The number of carbonyl (C=O) groups excluding carboxylic acids is 1. The van der Waals surface area contributed by atoms with E-state index in [0.29, 0.717) is 16.7 Å². The van der Waals surface area contributed by atoms with Crippen LogP contribution in [0.1, 0.15) is 64.0 Å². The summed E-state index contributed by atoms with van der Waals surface area (Å²) < 4.78 is 13.6. The van der Waals surface area contributed by atoms with Crippen molar-refractivity contribution in [2.24, 2.45) is 0 Å². The molecule has 1 aliphatic rings. The molecule has 0 bridgehead atoms. The van der Waals surface area contributed by atoms with Gasteiger partial charge in [-0.1, -0.05) is 17.7 Å². The Balaban J connectivity index is 1.53. The monoisotopic (exact) mass is 497 g/mol. The standard InChI is InChI=1S/C26H32ClN5O3/c1-26(2,3)35-25(33)31(4)17-22-29-30-24(32(22)20-12-10-19(27)11-13-20)18-8-14-21(15-9-18)34-23-7-5-6-16-28-23/h5-7,10-13,16,18,21H,8-9,14-15,17H2,1-4H3. The lowest BCUT2D eigenvalue weighted by atomic mass is 9.86. The molecule has 2 heterocycles. The molecule has 1 aliphatic carbocycles. The van der Waals surface area contributed by atoms with E-state index in [2.05, 4.69) is 15.2 Å². The number of carbonyl (C=O) groups is 1. The second-order valence-electron chi connectivity index (χ2n) is 9.88. The average molecular weight is 498 g/mol. The number of hydrogen-bond acceptors (Lipinski definition) is 6. The average Bonchev–Trinajstić information content (AvgIpc) is 3.23. The summed E-state index contributed by atoms with van der Waals surface area (Å²) >= 11 is 6.14. The molecule has 2 aromatic heterocycles. The molecule has 0 N–H and O–H groups in total. The lowest BCUT2D eigenvalue weighted by Crippen LogP contribution is -2.34. The molecule has 0 saturated heterocycles. The maximum Gasteiger partial charge on any atom is 0.410 e. The van der Waals surface area contributed by atoms with E-state index in [9.17, 15) is 4.79 Å². The number of aromatic nitrogens is 4. The first kappa shape index (κ1) is 25.0. The number of halogens is 1. The zero-order chi connectivity index (χ0) is 25.0. The van der Waals surface area contributed by atoms with E-state index in [4.69, 9.17) is 21.1 Å². The van der Waals surface area contributed by atoms with Gasteiger partial charge in [0, 0.05) is 35.9 Å². The minimum absolute atomic E-state index is 0.130. The Labute approximate surface area is 211 Å². The topological polar surface area (TPSA) is 82.4 Å². The second kappa shape index (κ2) is 10.6. The fourth-order valence-corrected chi connectivity index (χ4v) is 4.34. The van der Waals surface area contributed by atoms with Crippen molar-refractivity contribution in [3.63, 3.8) is 0 Å². The number of benzene rings is 1. The van der Waals surface area contributed by atoms with Crippen LogP contribution in [0.15, 0.2) is 48.7 Å². The normalized spacial score (nSPS) is 18.2. The van der Waals surface area contributed by atoms with Crippen molar-refractivity contribution in [1.29, 1.82) is 0 Å². The fraction of sp³-hybridized carbons (Fsp3) is 0.462. The Morgan fingerprint density at radius 2 is 1.80 bits per heavy atom. The molecule has 0 atom stereocenters. The van der Waals surface area contributed by atoms with Gasteiger partial charge in [-0.25, -0.2) is 9.78 Å². The summed E-state index contributed by atoms with van der Waals surface area (Å²) in [5.74, 6) is 2.44. The lowest BCUT2D eigenvalue weighted by molar-refractivity contribution is 0.0280. The highest BCUT2D eigenvalue weighted by atomic mass is 35.5. The van der Waals surface area contributed by atoms with Gasteiger partial charge >= 0.3 is 6.09 Å². The van der Waals surface area contributed by atoms with E-state index in [1.807, 2.05) is 67.8 Å². The van der Waals surface area contributed by atoms with Crippen LogP contribution in [0.2, 0.25) is 5.02 Å². The number of nitrogens with zero attached hydrogens (tertiary/aromatic N) is 5. The Kier molecular flexibility index (Phi) is 7.60. The summed E-state index contributed by atoms with van der Waals surface area (Å²) in [4.78, 5) is 18.4. The van der Waals surface area contributed by atoms with Gasteiger partial charge in [-0.2, -0.15) is 0 Å². The Morgan fingerprint density at radius 3 is 2.43 bits per heavy atom. The van der Waals surface area contributed by atoms with Gasteiger partial charge in [0.1, 0.15) is 17.5 Å². The third-order valence-corrected chi connectivity index (χ3v) is 6.14. The van der Waals surface area contributed by atoms with Crippen LogP contribution in [0.3, 0.4) is 0 Å². The van der Waals surface area contributed by atoms with Gasteiger partial charge in [-0.15, -0.1) is 10.2 Å². The van der Waals surface area contributed by atoms with Crippen molar-refractivity contribution in [3.8, 4) is 11.6 Å². The quantitative estimate of drug-likeness (QED) is 0.428. The molecule has 0 aliphatic heterocycles. The van der Waals surface area contributed by atoms with Gasteiger partial charge in [0.2, 0.25) is 5.88 Å². The smallest absolute Gasteiger partial charge is 0.410 e. The van der Waals surface area contributed by atoms with Crippen molar-refractivity contribution < 1.29 is 14.3 Å². The molecule has 9 heteroatoms. The van der Waals surface area contributed by atoms with Gasteiger partial charge in [-0.05, 0) is 76.8 Å². The maximum atomic E-state index is 12.6. The minimum atomic E-state index is -0.573. The van der Waals surface area contributed by atoms with Crippen LogP contribution >= 0.6 is 11.6 Å². The highest BCUT2D eigenvalue weighted by Crippen LogP contribution is 2.35. The van der Waals surface area contributed by atoms with E-state index in [-0.39, 0.29) is 18.6 Å². The predicted molar refractivity (Wildman–Crippen MR) is 134 cm³/mol. The number of amides is 1. The molecule has 0 spiro atoms. The van der Waals surface area contributed by atoms with Crippen LogP contribution in [0.4, 0.5) is 4.79 Å². The molecule has 1 aromatic carbocycles. The first-order chi connectivity index (χ1) is 16.7. The SMILES string of the molecule is CN(Cc1nnc(C2CCC(Oc3ccccn3)CC2)n1-c1ccc(Cl)cc1)C(=O)OC(C)(C)C. The van der Waals surface area contributed by atoms with E-state index < -0.39 is 11.7 Å². The molecule has 3 aromatic rings. The van der Waals surface area contributed by atoms with Gasteiger partial charge in [0.05, 0.1) is 6.54 Å². The molecule has 1 fully saturated rings. The molecular formula is C26H32ClN5O3. The summed E-state index contributed by atoms with van der Waals surface area (Å²) in [6, 6.07) is 13.3. The summed E-state index contributed by atoms with van der Waals surface area (Å²) in [5.41, 5.74) is 0.338. The first-order valence-electron chi connectivity index (χ1n) is 11.9. The molecular weight excluding hydrogens is 466 g/mol. The number of ether oxygens (including phenoxy) is 2. The van der Waals surface area contributed by atoms with Crippen LogP contribution in [0.25, 0.3) is 5.69 Å². The maximum absolute atomic E-state index is 12.6. The molecule has 1 amide bonds. The third kappa shape index (κ3) is 6.51. The van der Waals surface area contributed by atoms with Crippen LogP contribution in [-0.4, -0.2) is 49.5 Å². The summed E-state index contributed by atoms with van der Waals surface area (Å²) in [6.45, 7) is 5.81. The zero-order valence-electron chi connectivity index (χ0n) is 20.6. The van der Waals surface area contributed by atoms with Crippen molar-refractivity contribution in [2.75, 3.05) is 7.05 Å². The summed E-state index contributed by atoms with van der Waals surface area (Å²) in [7, 11) is 1.70. The van der Waals surface area contributed by atoms with Crippen molar-refractivity contribution in [3.05, 3.63) is 65.3 Å². The van der Waals surface area contributed by atoms with Crippen molar-refractivity contribution in [1.82, 2.24) is 24.6 Å². The first-order valence-corrected chi connectivity index (χ1v) is 12.3. The largest absolute Gasteiger partial charge is 0.474 e. The Bertz CT molecular complexity index is 1120. The highest BCUT2D eigenvalue weighted by Gasteiger charge is 2.30. The van der Waals surface area contributed by atoms with Crippen LogP contribution in [0.5, 0.6) is 5.88 Å². The molecule has 4 rings (SSSR count). The zero-order valence-corrected chi connectivity index (χ0v) is 21.4. The molecule has 186 valence electrons. The molecule has 0 radical (unpaired) electrons. The fourth-order valence-electron chi connectivity index (χ4n) is 4.21. The summed E-state index contributed by atoms with van der Waals surface area (Å²) in [5, 5.41) is 9.72. The number of pyridine rings is 1. The van der Waals surface area contributed by atoms with Crippen molar-refractivity contribution >= 4 is 17.7 Å². The number of hydrogen-bond donors (Lipinski definition) is 0. The third-order valence-electron chi connectivity index (χ3n) is 5.89. The van der Waals surface area contributed by atoms with E-state index in [1.54, 1.807) is 13.2 Å². The molecule has 0 unspecified atom stereocenters. The van der Waals surface area contributed by atoms with Crippen LogP contribution in [-0.2, 0) is 11.3 Å². The second-order valence-corrected chi connectivity index (χ2v) is 10.3. The Morgan fingerprint density at radius 1 is 1.09 bits per heavy atom. The van der Waals surface area contributed by atoms with Gasteiger partial charge in [0.15, 0.2) is 5.82 Å². The minimum Gasteiger partial charge on any atom is -0.474 e. The Hall–Kier alpha value is -3.13. The number of rotatable bonds is 6. The predicted octanol–water partition coefficient (Wildman–Crippen LogP) is 5.79. The van der Waals surface area contributed by atoms with Gasteiger partial charge in [-0.3, -0.25) is 4.57 Å². The van der Waals surface area contributed by atoms with Crippen LogP contribution < -0.4 is 4.74 Å². The molecule has 1 saturated carbocycles. The van der Waals surface area contributed by atoms with E-state index in [0.717, 1.165) is 37.2 Å². The van der Waals surface area contributed by atoms with E-state index >= 15 is 0 Å². The van der Waals surface area contributed by atoms with Gasteiger partial charge < -0.3 is 14.4 Å². The highest BCUT2D eigenvalue weighted by molar-refractivity contribution is 6.30. The summed E-state index contributed by atoms with van der Waals surface area (Å²) in [6.07, 6.45) is 5.12. The van der Waals surface area contributed by atoms with Gasteiger partial charge in [0.25, 0.3) is 0 Å². The van der Waals surface area contributed by atoms with E-state index in [1.165, 1.54) is 4.90 Å². The molecule has 8 nitrogen and oxygen atoms in total. The van der Waals surface area contributed by atoms with Crippen LogP contribution in [0, 0.1) is 0 Å². The molecule has 35 heavy (non-hydrogen) atoms.